The Kier molecular flexibility index (Phi) is 10.8. The number of amides is 1. The molecule has 0 aliphatic carbocycles. The van der Waals surface area contributed by atoms with Crippen LogP contribution in [0.3, 0.4) is 0 Å². The molecule has 0 saturated carbocycles. The second kappa shape index (κ2) is 13.2. The Hall–Kier alpha value is -3.29. The van der Waals surface area contributed by atoms with Crippen molar-refractivity contribution in [2.75, 3.05) is 6.61 Å². The minimum absolute atomic E-state index is 0.410. The Morgan fingerprint density at radius 3 is 2.10 bits per heavy atom. The summed E-state index contributed by atoms with van der Waals surface area (Å²) in [7, 11) is -3.95. The van der Waals surface area contributed by atoms with E-state index in [1.165, 1.54) is 6.07 Å². The van der Waals surface area contributed by atoms with Gasteiger partial charge in [0.25, 0.3) is 13.2 Å². The zero-order chi connectivity index (χ0) is 29.7. The van der Waals surface area contributed by atoms with Gasteiger partial charge in [-0.05, 0) is 27.7 Å². The van der Waals surface area contributed by atoms with Crippen LogP contribution in [-0.2, 0) is 47.5 Å². The van der Waals surface area contributed by atoms with Crippen LogP contribution in [0.5, 0.6) is 0 Å². The number of ketones is 1. The van der Waals surface area contributed by atoms with E-state index in [0.29, 0.717) is 5.01 Å². The number of Topliss-reactive ketones (excluding diaryl/α,β-unsaturated/α-hetero) is 1. The summed E-state index contributed by atoms with van der Waals surface area (Å²) in [5.41, 5.74) is 0. The minimum atomic E-state index is -3.95. The molecule has 1 fully saturated rings. The highest BCUT2D eigenvalue weighted by Gasteiger charge is 2.55. The van der Waals surface area contributed by atoms with E-state index in [2.05, 4.69) is 20.5 Å². The molecular formula is C21H31N6O11P. The van der Waals surface area contributed by atoms with Crippen LogP contribution in [0.15, 0.2) is 10.3 Å². The molecule has 6 atom stereocenters. The van der Waals surface area contributed by atoms with Gasteiger partial charge in [0.15, 0.2) is 18.4 Å². The summed E-state index contributed by atoms with van der Waals surface area (Å²) in [6, 6.07) is -1.00. The molecule has 0 aromatic rings. The van der Waals surface area contributed by atoms with Gasteiger partial charge in [0, 0.05) is 25.9 Å². The number of carbonyl (C=O) groups is 5. The molecule has 216 valence electrons. The fourth-order valence-electron chi connectivity index (χ4n) is 3.83. The Bertz CT molecular complexity index is 1090. The van der Waals surface area contributed by atoms with Gasteiger partial charge >= 0.3 is 23.8 Å². The third kappa shape index (κ3) is 7.87. The number of esters is 2. The smallest absolute Gasteiger partial charge is 0.343 e. The molecule has 2 aliphatic rings. The van der Waals surface area contributed by atoms with Gasteiger partial charge in [-0.3, -0.25) is 23.7 Å². The molecule has 17 nitrogen and oxygen atoms in total. The van der Waals surface area contributed by atoms with Gasteiger partial charge in [-0.2, -0.15) is 10.3 Å². The third-order valence-corrected chi connectivity index (χ3v) is 7.87. The van der Waals surface area contributed by atoms with E-state index in [1.807, 2.05) is 0 Å². The number of nitrogens with zero attached hydrogens (tertiary/aromatic N) is 4. The lowest BCUT2D eigenvalue weighted by Gasteiger charge is -2.30. The minimum Gasteiger partial charge on any atom is -0.479 e. The fourth-order valence-corrected chi connectivity index (χ4v) is 6.32. The van der Waals surface area contributed by atoms with Crippen LogP contribution in [0, 0.1) is 11.3 Å². The van der Waals surface area contributed by atoms with Crippen molar-refractivity contribution < 1.29 is 52.6 Å². The van der Waals surface area contributed by atoms with E-state index in [1.54, 1.807) is 27.7 Å². The van der Waals surface area contributed by atoms with Crippen molar-refractivity contribution in [2.24, 2.45) is 10.3 Å². The summed E-state index contributed by atoms with van der Waals surface area (Å²) in [6.07, 6.45) is -6.12. The number of carboxylic acid groups (broad SMARTS) is 1. The largest absolute Gasteiger partial charge is 0.479 e. The highest BCUT2D eigenvalue weighted by molar-refractivity contribution is 7.61. The molecule has 6 unspecified atom stereocenters. The van der Waals surface area contributed by atoms with Crippen LogP contribution in [0.1, 0.15) is 41.5 Å². The molecule has 39 heavy (non-hydrogen) atoms. The number of hydrogen-bond donors (Lipinski definition) is 3. The van der Waals surface area contributed by atoms with Crippen molar-refractivity contribution in [3.8, 4) is 6.07 Å². The first-order valence-electron chi connectivity index (χ1n) is 11.8. The van der Waals surface area contributed by atoms with Crippen LogP contribution >= 0.6 is 7.44 Å². The molecule has 2 heterocycles. The molecule has 2 rings (SSSR count). The summed E-state index contributed by atoms with van der Waals surface area (Å²) in [5.74, 6) is -7.80. The molecule has 0 radical (unpaired) electrons. The first-order chi connectivity index (χ1) is 18.1. The standard InChI is InChI=1S/C21H31N6O11P/c1-9(2)24-39(34,25-10(3)4)21(20(32)33)35-8-14-16(36-11(5)28)17(37-12(6)29)19(38-14)27-18(31)15(30)13(7-22)23-26-27/h9-10,13-14,16-17,19,21H,8H2,1-6H3,(H,32,33)(H2,24,25,34). The summed E-state index contributed by atoms with van der Waals surface area (Å²) < 4.78 is 35.4. The molecule has 3 N–H and O–H groups in total. The van der Waals surface area contributed by atoms with Crippen molar-refractivity contribution >= 4 is 37.0 Å². The first kappa shape index (κ1) is 31.9. The van der Waals surface area contributed by atoms with Crippen molar-refractivity contribution in [2.45, 2.75) is 90.1 Å². The fraction of sp³-hybridized carbons (Fsp3) is 0.714. The maximum Gasteiger partial charge on any atom is 0.343 e. The Morgan fingerprint density at radius 2 is 1.64 bits per heavy atom. The van der Waals surface area contributed by atoms with E-state index in [-0.39, 0.29) is 0 Å². The van der Waals surface area contributed by atoms with Crippen molar-refractivity contribution in [3.05, 3.63) is 0 Å². The quantitative estimate of drug-likeness (QED) is 0.156. The van der Waals surface area contributed by atoms with Crippen LogP contribution in [0.2, 0.25) is 0 Å². The Labute approximate surface area is 223 Å². The van der Waals surface area contributed by atoms with Crippen LogP contribution in [-0.4, -0.2) is 94.8 Å². The summed E-state index contributed by atoms with van der Waals surface area (Å²) in [4.78, 5) is 60.7. The van der Waals surface area contributed by atoms with Crippen molar-refractivity contribution in [3.63, 3.8) is 0 Å². The summed E-state index contributed by atoms with van der Waals surface area (Å²) in [5, 5.41) is 31.6. The van der Waals surface area contributed by atoms with Crippen LogP contribution < -0.4 is 10.2 Å². The molecule has 2 aliphatic heterocycles. The lowest BCUT2D eigenvalue weighted by molar-refractivity contribution is -0.174. The zero-order valence-corrected chi connectivity index (χ0v) is 23.0. The van der Waals surface area contributed by atoms with Gasteiger partial charge in [0.05, 0.1) is 6.61 Å². The van der Waals surface area contributed by atoms with Crippen LogP contribution in [0.4, 0.5) is 0 Å². The Morgan fingerprint density at radius 1 is 1.10 bits per heavy atom. The predicted molar refractivity (Wildman–Crippen MR) is 127 cm³/mol. The topological polar surface area (TPSA) is 235 Å². The lowest BCUT2D eigenvalue weighted by atomic mass is 10.1. The van der Waals surface area contributed by atoms with Gasteiger partial charge in [0.2, 0.25) is 11.9 Å². The molecule has 0 spiro atoms. The summed E-state index contributed by atoms with van der Waals surface area (Å²) >= 11 is 0. The maximum absolute atomic E-state index is 13.6. The average molecular weight is 574 g/mol. The third-order valence-electron chi connectivity index (χ3n) is 5.04. The molecule has 18 heteroatoms. The number of nitrogens with one attached hydrogen (secondary N) is 2. The maximum atomic E-state index is 13.6. The van der Waals surface area contributed by atoms with E-state index >= 15 is 0 Å². The number of ether oxygens (including phenoxy) is 4. The van der Waals surface area contributed by atoms with Gasteiger partial charge < -0.3 is 24.1 Å². The van der Waals surface area contributed by atoms with Crippen molar-refractivity contribution in [1.82, 2.24) is 15.2 Å². The van der Waals surface area contributed by atoms with E-state index in [0.717, 1.165) is 13.8 Å². The SMILES string of the molecule is CC(=O)OC1C(COC(C(=O)O)P(=O)(NC(C)C)NC(C)C)OC(N2N=NC(C#N)C(=O)C2=O)C1OC(C)=O. The number of carbonyl (C=O) groups excluding carboxylic acids is 4. The van der Waals surface area contributed by atoms with Gasteiger partial charge in [0.1, 0.15) is 12.2 Å². The van der Waals surface area contributed by atoms with Crippen LogP contribution in [0.25, 0.3) is 0 Å². The number of hydrogen-bond acceptors (Lipinski definition) is 13. The van der Waals surface area contributed by atoms with E-state index in [4.69, 9.17) is 24.2 Å². The predicted octanol–water partition coefficient (Wildman–Crippen LogP) is -0.138. The average Bonchev–Trinajstić information content (AvgIpc) is 3.09. The van der Waals surface area contributed by atoms with Crippen molar-refractivity contribution in [1.29, 1.82) is 5.26 Å². The van der Waals surface area contributed by atoms with Gasteiger partial charge in [-0.25, -0.2) is 15.0 Å². The second-order valence-corrected chi connectivity index (χ2v) is 11.5. The molecule has 1 amide bonds. The number of rotatable bonds is 12. The molecule has 0 aromatic carbocycles. The number of aliphatic carboxylic acids is 1. The molecule has 0 aromatic heterocycles. The summed E-state index contributed by atoms with van der Waals surface area (Å²) in [6.45, 7) is 7.99. The van der Waals surface area contributed by atoms with E-state index in [9.17, 15) is 33.6 Å². The molecule has 0 bridgehead atoms. The zero-order valence-electron chi connectivity index (χ0n) is 22.1. The Balaban J connectivity index is 2.44. The normalized spacial score (nSPS) is 26.0. The number of nitriles is 1. The van der Waals surface area contributed by atoms with Gasteiger partial charge in [-0.15, -0.1) is 5.11 Å². The second-order valence-electron chi connectivity index (χ2n) is 9.21. The first-order valence-corrected chi connectivity index (χ1v) is 13.6. The highest BCUT2D eigenvalue weighted by Crippen LogP contribution is 2.45. The highest BCUT2D eigenvalue weighted by atomic mass is 31.2. The van der Waals surface area contributed by atoms with E-state index < -0.39 is 92.2 Å². The lowest BCUT2D eigenvalue weighted by Crippen LogP contribution is -2.52. The van der Waals surface area contributed by atoms with Gasteiger partial charge in [-0.1, -0.05) is 5.22 Å². The number of carboxylic acids is 1. The molecule has 1 saturated heterocycles. The monoisotopic (exact) mass is 574 g/mol. The molecular weight excluding hydrogens is 543 g/mol.